The van der Waals surface area contributed by atoms with Crippen molar-refractivity contribution in [1.82, 2.24) is 10.2 Å². The molecule has 1 saturated carbocycles. The molecule has 0 aromatic carbocycles. The number of methoxy groups -OCH3 is 1. The van der Waals surface area contributed by atoms with Gasteiger partial charge in [-0.3, -0.25) is 4.90 Å². The lowest BCUT2D eigenvalue weighted by Crippen LogP contribution is -2.43. The minimum atomic E-state index is 0.188. The number of likely N-dealkylation sites (tertiary alicyclic amines) is 1. The summed E-state index contributed by atoms with van der Waals surface area (Å²) < 4.78 is 5.85. The summed E-state index contributed by atoms with van der Waals surface area (Å²) in [4.78, 5) is 2.66. The first kappa shape index (κ1) is 11.9. The van der Waals surface area contributed by atoms with E-state index in [1.165, 1.54) is 58.2 Å². The Hall–Kier alpha value is -0.120. The number of hydrogen-bond donors (Lipinski definition) is 1. The predicted octanol–water partition coefficient (Wildman–Crippen LogP) is 1.63. The van der Waals surface area contributed by atoms with Gasteiger partial charge in [-0.15, -0.1) is 0 Å². The molecule has 0 aromatic rings. The average Bonchev–Trinajstić information content (AvgIpc) is 2.95. The van der Waals surface area contributed by atoms with Gasteiger partial charge in [-0.2, -0.15) is 0 Å². The fraction of sp³-hybridized carbons (Fsp3) is 1.00. The smallest absolute Gasteiger partial charge is 0.0805 e. The van der Waals surface area contributed by atoms with Crippen LogP contribution in [0.2, 0.25) is 0 Å². The van der Waals surface area contributed by atoms with Crippen molar-refractivity contribution in [1.29, 1.82) is 0 Å². The Morgan fingerprint density at radius 2 is 2.06 bits per heavy atom. The van der Waals surface area contributed by atoms with Crippen LogP contribution in [0, 0.1) is 5.92 Å². The van der Waals surface area contributed by atoms with E-state index >= 15 is 0 Å². The Morgan fingerprint density at radius 1 is 1.24 bits per heavy atom. The molecule has 98 valence electrons. The fourth-order valence-electron chi connectivity index (χ4n) is 4.12. The third kappa shape index (κ3) is 2.38. The second kappa shape index (κ2) is 4.87. The van der Waals surface area contributed by atoms with Gasteiger partial charge in [0.1, 0.15) is 0 Å². The van der Waals surface area contributed by atoms with Gasteiger partial charge in [0.25, 0.3) is 0 Å². The molecule has 17 heavy (non-hydrogen) atoms. The quantitative estimate of drug-likeness (QED) is 0.809. The maximum absolute atomic E-state index is 5.85. The van der Waals surface area contributed by atoms with Gasteiger partial charge in [0.2, 0.25) is 0 Å². The number of piperidine rings is 1. The number of rotatable bonds is 3. The summed E-state index contributed by atoms with van der Waals surface area (Å²) in [5.41, 5.74) is 0.188. The zero-order valence-corrected chi connectivity index (χ0v) is 11.1. The van der Waals surface area contributed by atoms with Crippen molar-refractivity contribution in [2.45, 2.75) is 50.2 Å². The van der Waals surface area contributed by atoms with Gasteiger partial charge in [0, 0.05) is 32.8 Å². The summed E-state index contributed by atoms with van der Waals surface area (Å²) in [5, 5.41) is 3.68. The van der Waals surface area contributed by atoms with Crippen molar-refractivity contribution in [3.8, 4) is 0 Å². The van der Waals surface area contributed by atoms with Crippen molar-refractivity contribution < 1.29 is 4.74 Å². The lowest BCUT2D eigenvalue weighted by Gasteiger charge is -2.32. The topological polar surface area (TPSA) is 24.5 Å². The van der Waals surface area contributed by atoms with Gasteiger partial charge in [-0.25, -0.2) is 0 Å². The molecule has 2 saturated heterocycles. The maximum Gasteiger partial charge on any atom is 0.0805 e. The lowest BCUT2D eigenvalue weighted by atomic mass is 9.94. The van der Waals surface area contributed by atoms with Crippen LogP contribution < -0.4 is 5.32 Å². The molecule has 2 aliphatic heterocycles. The van der Waals surface area contributed by atoms with Gasteiger partial charge < -0.3 is 10.1 Å². The van der Waals surface area contributed by atoms with E-state index in [4.69, 9.17) is 4.74 Å². The SMILES string of the molecule is COC1(CN2C[C@@H]3CCCN[C@@H]3C2)CCCC1. The highest BCUT2D eigenvalue weighted by Gasteiger charge is 2.40. The molecule has 0 amide bonds. The van der Waals surface area contributed by atoms with Gasteiger partial charge in [0.05, 0.1) is 5.60 Å². The Balaban J connectivity index is 1.59. The monoisotopic (exact) mass is 238 g/mol. The highest BCUT2D eigenvalue weighted by atomic mass is 16.5. The van der Waals surface area contributed by atoms with Crippen LogP contribution in [0.25, 0.3) is 0 Å². The van der Waals surface area contributed by atoms with Crippen LogP contribution in [0.3, 0.4) is 0 Å². The van der Waals surface area contributed by atoms with Gasteiger partial charge in [-0.1, -0.05) is 12.8 Å². The van der Waals surface area contributed by atoms with Crippen LogP contribution in [-0.2, 0) is 4.74 Å². The first-order valence-electron chi connectivity index (χ1n) is 7.32. The van der Waals surface area contributed by atoms with E-state index in [1.807, 2.05) is 7.11 Å². The normalized spacial score (nSPS) is 37.2. The van der Waals surface area contributed by atoms with E-state index in [2.05, 4.69) is 10.2 Å². The van der Waals surface area contributed by atoms with Gasteiger partial charge >= 0.3 is 0 Å². The minimum Gasteiger partial charge on any atom is -0.377 e. The Morgan fingerprint density at radius 3 is 2.76 bits per heavy atom. The minimum absolute atomic E-state index is 0.188. The van der Waals surface area contributed by atoms with E-state index in [9.17, 15) is 0 Å². The number of nitrogens with one attached hydrogen (secondary N) is 1. The second-order valence-corrected chi connectivity index (χ2v) is 6.25. The second-order valence-electron chi connectivity index (χ2n) is 6.25. The van der Waals surface area contributed by atoms with E-state index in [0.29, 0.717) is 0 Å². The van der Waals surface area contributed by atoms with Crippen molar-refractivity contribution in [3.05, 3.63) is 0 Å². The maximum atomic E-state index is 5.85. The van der Waals surface area contributed by atoms with Crippen molar-refractivity contribution >= 4 is 0 Å². The third-order valence-electron chi connectivity index (χ3n) is 5.13. The van der Waals surface area contributed by atoms with E-state index in [1.54, 1.807) is 0 Å². The van der Waals surface area contributed by atoms with Gasteiger partial charge in [-0.05, 0) is 38.1 Å². The molecule has 0 radical (unpaired) electrons. The standard InChI is InChI=1S/C14H26N2O/c1-17-14(6-2-3-7-14)11-16-9-12-5-4-8-15-13(12)10-16/h12-13,15H,2-11H2,1H3/t12-,13+/m0/s1. The van der Waals surface area contributed by atoms with Crippen LogP contribution in [0.5, 0.6) is 0 Å². The molecule has 2 atom stereocenters. The van der Waals surface area contributed by atoms with Gasteiger partial charge in [0.15, 0.2) is 0 Å². The Kier molecular flexibility index (Phi) is 3.42. The lowest BCUT2D eigenvalue weighted by molar-refractivity contribution is -0.0278. The molecule has 0 unspecified atom stereocenters. The molecule has 3 aliphatic rings. The first-order valence-corrected chi connectivity index (χ1v) is 7.32. The molecular formula is C14H26N2O. The summed E-state index contributed by atoms with van der Waals surface area (Å²) in [6.45, 7) is 4.93. The van der Waals surface area contributed by atoms with E-state index in [0.717, 1.165) is 18.5 Å². The highest BCUT2D eigenvalue weighted by molar-refractivity contribution is 4.96. The molecule has 0 aromatic heterocycles. The van der Waals surface area contributed by atoms with E-state index in [-0.39, 0.29) is 5.60 Å². The molecule has 3 heteroatoms. The number of nitrogens with zero attached hydrogens (tertiary/aromatic N) is 1. The zero-order valence-electron chi connectivity index (χ0n) is 11.1. The summed E-state index contributed by atoms with van der Waals surface area (Å²) in [6.07, 6.45) is 8.03. The summed E-state index contributed by atoms with van der Waals surface area (Å²) in [7, 11) is 1.91. The van der Waals surface area contributed by atoms with E-state index < -0.39 is 0 Å². The summed E-state index contributed by atoms with van der Waals surface area (Å²) in [6, 6.07) is 0.763. The molecule has 2 heterocycles. The van der Waals surface area contributed by atoms with Crippen LogP contribution in [0.4, 0.5) is 0 Å². The van der Waals surface area contributed by atoms with Crippen molar-refractivity contribution in [2.75, 3.05) is 33.3 Å². The highest BCUT2D eigenvalue weighted by Crippen LogP contribution is 2.35. The predicted molar refractivity (Wildman–Crippen MR) is 69.2 cm³/mol. The average molecular weight is 238 g/mol. The zero-order chi connectivity index (χ0) is 11.7. The largest absolute Gasteiger partial charge is 0.377 e. The van der Waals surface area contributed by atoms with Crippen LogP contribution in [0.1, 0.15) is 38.5 Å². The fourth-order valence-corrected chi connectivity index (χ4v) is 4.12. The molecule has 3 fully saturated rings. The van der Waals surface area contributed by atoms with Crippen LogP contribution in [0.15, 0.2) is 0 Å². The molecule has 1 aliphatic carbocycles. The summed E-state index contributed by atoms with van der Waals surface area (Å²) >= 11 is 0. The molecular weight excluding hydrogens is 212 g/mol. The summed E-state index contributed by atoms with van der Waals surface area (Å²) in [5.74, 6) is 0.902. The third-order valence-corrected chi connectivity index (χ3v) is 5.13. The molecule has 0 spiro atoms. The van der Waals surface area contributed by atoms with Crippen LogP contribution >= 0.6 is 0 Å². The molecule has 0 bridgehead atoms. The van der Waals surface area contributed by atoms with Crippen LogP contribution in [-0.4, -0.2) is 49.8 Å². The number of fused-ring (bicyclic) bond motifs is 1. The molecule has 3 nitrogen and oxygen atoms in total. The first-order chi connectivity index (χ1) is 8.31. The number of ether oxygens (including phenoxy) is 1. The van der Waals surface area contributed by atoms with Crippen molar-refractivity contribution in [2.24, 2.45) is 5.92 Å². The Labute approximate surface area is 105 Å². The molecule has 1 N–H and O–H groups in total. The Bertz CT molecular complexity index is 249. The molecule has 3 rings (SSSR count). The number of hydrogen-bond acceptors (Lipinski definition) is 3. The van der Waals surface area contributed by atoms with Crippen molar-refractivity contribution in [3.63, 3.8) is 0 Å².